The first-order valence-corrected chi connectivity index (χ1v) is 11.4. The zero-order chi connectivity index (χ0) is 25.2. The Bertz CT molecular complexity index is 1350. The van der Waals surface area contributed by atoms with Crippen molar-refractivity contribution < 1.29 is 18.3 Å². The number of anilines is 1. The summed E-state index contributed by atoms with van der Waals surface area (Å²) >= 11 is 0. The molecule has 2 N–H and O–H groups in total. The van der Waals surface area contributed by atoms with Crippen LogP contribution >= 0.6 is 0 Å². The SMILES string of the molecule is Cc1cc(C)n(-c2cc(NCCNS(=O)(=O)c3cc([N+](=O)[O-])c(C)c([N+](=O)[O-])c3)nc(C)n2)n1. The number of hydrogen-bond donors (Lipinski definition) is 2. The molecule has 3 aromatic rings. The maximum Gasteiger partial charge on any atom is 0.280 e. The number of benzene rings is 1. The molecule has 0 saturated heterocycles. The largest absolute Gasteiger partial charge is 0.369 e. The van der Waals surface area contributed by atoms with Crippen molar-refractivity contribution in [1.82, 2.24) is 24.5 Å². The molecule has 0 fully saturated rings. The lowest BCUT2D eigenvalue weighted by Crippen LogP contribution is -2.29. The predicted octanol–water partition coefficient (Wildman–Crippen LogP) is 2.10. The van der Waals surface area contributed by atoms with Crippen LogP contribution in [-0.4, -0.2) is 51.1 Å². The van der Waals surface area contributed by atoms with E-state index in [4.69, 9.17) is 0 Å². The monoisotopic (exact) mass is 490 g/mol. The van der Waals surface area contributed by atoms with Gasteiger partial charge < -0.3 is 5.32 Å². The average molecular weight is 491 g/mol. The summed E-state index contributed by atoms with van der Waals surface area (Å²) in [7, 11) is -4.25. The second-order valence-electron chi connectivity index (χ2n) is 7.42. The van der Waals surface area contributed by atoms with Crippen molar-refractivity contribution in [3.8, 4) is 5.82 Å². The van der Waals surface area contributed by atoms with Gasteiger partial charge in [-0.2, -0.15) is 5.10 Å². The van der Waals surface area contributed by atoms with E-state index in [2.05, 4.69) is 25.1 Å². The zero-order valence-electron chi connectivity index (χ0n) is 18.8. The van der Waals surface area contributed by atoms with E-state index < -0.39 is 36.1 Å². The first-order valence-electron chi connectivity index (χ1n) is 9.95. The van der Waals surface area contributed by atoms with Crippen LogP contribution in [0.3, 0.4) is 0 Å². The van der Waals surface area contributed by atoms with Gasteiger partial charge in [-0.1, -0.05) is 0 Å². The smallest absolute Gasteiger partial charge is 0.280 e. The molecule has 0 spiro atoms. The van der Waals surface area contributed by atoms with Crippen LogP contribution in [0.25, 0.3) is 5.82 Å². The fraction of sp³-hybridized carbons (Fsp3) is 0.316. The molecule has 0 aliphatic heterocycles. The number of nitrogens with zero attached hydrogens (tertiary/aromatic N) is 6. The molecule has 14 nitrogen and oxygen atoms in total. The van der Waals surface area contributed by atoms with Gasteiger partial charge in [0.1, 0.15) is 17.2 Å². The van der Waals surface area contributed by atoms with Crippen molar-refractivity contribution in [3.63, 3.8) is 0 Å². The summed E-state index contributed by atoms with van der Waals surface area (Å²) in [4.78, 5) is 28.8. The van der Waals surface area contributed by atoms with Crippen LogP contribution in [0.4, 0.5) is 17.2 Å². The van der Waals surface area contributed by atoms with Crippen molar-refractivity contribution >= 4 is 27.2 Å². The molecule has 0 unspecified atom stereocenters. The van der Waals surface area contributed by atoms with Gasteiger partial charge in [0.05, 0.1) is 20.4 Å². The van der Waals surface area contributed by atoms with E-state index in [1.807, 2.05) is 19.9 Å². The highest BCUT2D eigenvalue weighted by Gasteiger charge is 2.27. The van der Waals surface area contributed by atoms with Crippen LogP contribution in [-0.2, 0) is 10.0 Å². The lowest BCUT2D eigenvalue weighted by atomic mass is 10.1. The molecule has 0 atom stereocenters. The number of aromatic nitrogens is 4. The van der Waals surface area contributed by atoms with E-state index in [1.54, 1.807) is 17.7 Å². The normalized spacial score (nSPS) is 11.4. The Hall–Kier alpha value is -3.98. The summed E-state index contributed by atoms with van der Waals surface area (Å²) in [6.45, 7) is 6.64. The highest BCUT2D eigenvalue weighted by atomic mass is 32.2. The third-order valence-electron chi connectivity index (χ3n) is 4.80. The first-order chi connectivity index (χ1) is 15.9. The Morgan fingerprint density at radius 3 is 2.09 bits per heavy atom. The molecule has 2 heterocycles. The Morgan fingerprint density at radius 1 is 0.941 bits per heavy atom. The molecule has 0 saturated carbocycles. The fourth-order valence-electron chi connectivity index (χ4n) is 3.26. The van der Waals surface area contributed by atoms with Crippen LogP contribution in [0.15, 0.2) is 29.2 Å². The van der Waals surface area contributed by atoms with E-state index in [9.17, 15) is 28.6 Å². The molecule has 15 heteroatoms. The Balaban J connectivity index is 1.73. The van der Waals surface area contributed by atoms with Crippen LogP contribution in [0.1, 0.15) is 22.8 Å². The van der Waals surface area contributed by atoms with Crippen LogP contribution in [0.2, 0.25) is 0 Å². The van der Waals surface area contributed by atoms with Gasteiger partial charge in [0, 0.05) is 37.0 Å². The maximum absolute atomic E-state index is 12.6. The van der Waals surface area contributed by atoms with Gasteiger partial charge in [-0.25, -0.2) is 27.8 Å². The van der Waals surface area contributed by atoms with E-state index in [1.165, 1.54) is 6.92 Å². The highest BCUT2D eigenvalue weighted by molar-refractivity contribution is 7.89. The van der Waals surface area contributed by atoms with Gasteiger partial charge in [0.2, 0.25) is 10.0 Å². The lowest BCUT2D eigenvalue weighted by molar-refractivity contribution is -0.395. The highest BCUT2D eigenvalue weighted by Crippen LogP contribution is 2.31. The van der Waals surface area contributed by atoms with Crippen LogP contribution < -0.4 is 10.0 Å². The molecular weight excluding hydrogens is 468 g/mol. The van der Waals surface area contributed by atoms with Gasteiger partial charge in [-0.3, -0.25) is 20.2 Å². The molecule has 180 valence electrons. The number of sulfonamides is 1. The number of aryl methyl sites for hydroxylation is 3. The van der Waals surface area contributed by atoms with Gasteiger partial charge >= 0.3 is 0 Å². The molecule has 0 amide bonds. The molecule has 3 rings (SSSR count). The molecule has 1 aromatic carbocycles. The van der Waals surface area contributed by atoms with Crippen molar-refractivity contribution in [3.05, 3.63) is 67.3 Å². The summed E-state index contributed by atoms with van der Waals surface area (Å²) in [5.74, 6) is 1.46. The minimum absolute atomic E-state index is 0.113. The number of nitro benzene ring substituents is 2. The van der Waals surface area contributed by atoms with Crippen LogP contribution in [0.5, 0.6) is 0 Å². The van der Waals surface area contributed by atoms with Crippen molar-refractivity contribution in [2.75, 3.05) is 18.4 Å². The summed E-state index contributed by atoms with van der Waals surface area (Å²) in [5.41, 5.74) is 0.180. The van der Waals surface area contributed by atoms with E-state index >= 15 is 0 Å². The first kappa shape index (κ1) is 24.7. The maximum atomic E-state index is 12.6. The summed E-state index contributed by atoms with van der Waals surface area (Å²) in [5, 5.41) is 29.8. The minimum Gasteiger partial charge on any atom is -0.369 e. The molecule has 0 radical (unpaired) electrons. The third kappa shape index (κ3) is 5.32. The Morgan fingerprint density at radius 2 is 1.56 bits per heavy atom. The molecule has 2 aromatic heterocycles. The second-order valence-corrected chi connectivity index (χ2v) is 9.19. The minimum atomic E-state index is -4.25. The van der Waals surface area contributed by atoms with Crippen molar-refractivity contribution in [2.24, 2.45) is 0 Å². The van der Waals surface area contributed by atoms with Gasteiger partial charge in [0.15, 0.2) is 5.82 Å². The third-order valence-corrected chi connectivity index (χ3v) is 6.24. The average Bonchev–Trinajstić information content (AvgIpc) is 3.08. The van der Waals surface area contributed by atoms with Crippen LogP contribution in [0, 0.1) is 47.9 Å². The topological polar surface area (TPSA) is 188 Å². The standard InChI is InChI=1S/C19H22N8O6S/c1-11-7-12(2)25(24-11)19-10-18(22-14(4)23-19)20-5-6-21-34(32,33)15-8-16(26(28)29)13(3)17(9-15)27(30)31/h7-10,21H,5-6H2,1-4H3,(H,20,22,23). The van der Waals surface area contributed by atoms with Gasteiger partial charge in [0.25, 0.3) is 11.4 Å². The lowest BCUT2D eigenvalue weighted by Gasteiger charge is -2.11. The summed E-state index contributed by atoms with van der Waals surface area (Å²) in [6, 6.07) is 5.16. The molecule has 34 heavy (non-hydrogen) atoms. The number of rotatable bonds is 9. The number of nitrogens with one attached hydrogen (secondary N) is 2. The zero-order valence-corrected chi connectivity index (χ0v) is 19.6. The number of hydrogen-bond acceptors (Lipinski definition) is 10. The van der Waals surface area contributed by atoms with E-state index in [0.717, 1.165) is 23.5 Å². The van der Waals surface area contributed by atoms with Crippen molar-refractivity contribution in [1.29, 1.82) is 0 Å². The number of nitro groups is 2. The molecule has 0 aliphatic rings. The van der Waals surface area contributed by atoms with E-state index in [0.29, 0.717) is 17.5 Å². The Labute approximate surface area is 194 Å². The predicted molar refractivity (Wildman–Crippen MR) is 122 cm³/mol. The second kappa shape index (κ2) is 9.48. The van der Waals surface area contributed by atoms with Crippen molar-refractivity contribution in [2.45, 2.75) is 32.6 Å². The summed E-state index contributed by atoms with van der Waals surface area (Å²) < 4.78 is 29.2. The molecule has 0 aliphatic carbocycles. The molecule has 0 bridgehead atoms. The fourth-order valence-corrected chi connectivity index (χ4v) is 4.34. The quantitative estimate of drug-likeness (QED) is 0.255. The molecular formula is C19H22N8O6S. The summed E-state index contributed by atoms with van der Waals surface area (Å²) in [6.07, 6.45) is 0. The Kier molecular flexibility index (Phi) is 6.88. The van der Waals surface area contributed by atoms with E-state index in [-0.39, 0.29) is 18.7 Å². The van der Waals surface area contributed by atoms with Gasteiger partial charge in [-0.15, -0.1) is 0 Å². The van der Waals surface area contributed by atoms with Gasteiger partial charge in [-0.05, 0) is 33.8 Å².